The van der Waals surface area contributed by atoms with E-state index in [0.29, 0.717) is 28.9 Å². The fraction of sp³-hybridized carbons (Fsp3) is 0.455. The molecule has 0 spiro atoms. The van der Waals surface area contributed by atoms with Gasteiger partial charge in [-0.05, 0) is 33.3 Å². The lowest BCUT2D eigenvalue weighted by molar-refractivity contribution is 0.0803. The van der Waals surface area contributed by atoms with E-state index in [1.54, 1.807) is 26.3 Å². The standard InChI is InChI=1S/C22H26ClF2N5O4S/c1-12-8-14-17(30(4)18(27-14)19(31)29-22(2,3)6-7-35(5)32)28-20(12)34-21-15(33-11-16(24)25)9-13(23)10-26-21/h8-10,16H,6-7,11H2,1-5H3,(H,29,31). The fourth-order valence-corrected chi connectivity index (χ4v) is 4.10. The zero-order valence-electron chi connectivity index (χ0n) is 19.9. The van der Waals surface area contributed by atoms with Crippen LogP contribution in [0.5, 0.6) is 17.5 Å². The van der Waals surface area contributed by atoms with Gasteiger partial charge in [0, 0.05) is 53.2 Å². The molecule has 0 aliphatic rings. The van der Waals surface area contributed by atoms with Crippen molar-refractivity contribution in [1.82, 2.24) is 24.8 Å². The van der Waals surface area contributed by atoms with Crippen LogP contribution in [0.3, 0.4) is 0 Å². The lowest BCUT2D eigenvalue weighted by Crippen LogP contribution is -2.45. The summed E-state index contributed by atoms with van der Waals surface area (Å²) < 4.78 is 49.1. The summed E-state index contributed by atoms with van der Waals surface area (Å²) >= 11 is 5.91. The molecule has 35 heavy (non-hydrogen) atoms. The van der Waals surface area contributed by atoms with Crippen molar-refractivity contribution in [1.29, 1.82) is 0 Å². The lowest BCUT2D eigenvalue weighted by Gasteiger charge is -2.25. The zero-order valence-corrected chi connectivity index (χ0v) is 21.5. The third kappa shape index (κ3) is 6.85. The van der Waals surface area contributed by atoms with Gasteiger partial charge < -0.3 is 19.4 Å². The summed E-state index contributed by atoms with van der Waals surface area (Å²) in [5, 5.41) is 3.11. The summed E-state index contributed by atoms with van der Waals surface area (Å²) in [6.45, 7) is 4.57. The van der Waals surface area contributed by atoms with Crippen LogP contribution in [-0.2, 0) is 17.8 Å². The van der Waals surface area contributed by atoms with Crippen LogP contribution in [0.2, 0.25) is 5.02 Å². The van der Waals surface area contributed by atoms with Gasteiger partial charge in [0.15, 0.2) is 11.4 Å². The number of alkyl halides is 2. The maximum Gasteiger partial charge on any atom is 0.287 e. The van der Waals surface area contributed by atoms with Crippen molar-refractivity contribution in [3.63, 3.8) is 0 Å². The number of halogens is 3. The second-order valence-corrected chi connectivity index (χ2v) is 10.6. The summed E-state index contributed by atoms with van der Waals surface area (Å²) in [6, 6.07) is 3.01. The predicted molar refractivity (Wildman–Crippen MR) is 129 cm³/mol. The highest BCUT2D eigenvalue weighted by Crippen LogP contribution is 2.33. The number of aromatic nitrogens is 4. The summed E-state index contributed by atoms with van der Waals surface area (Å²) in [7, 11) is 0.669. The van der Waals surface area contributed by atoms with E-state index in [2.05, 4.69) is 20.3 Å². The molecule has 1 atom stereocenters. The Morgan fingerprint density at radius 3 is 2.66 bits per heavy atom. The SMILES string of the molecule is Cc1cc2nc(C(=O)NC(C)(C)CCS(C)=O)n(C)c2nc1Oc1ncc(Cl)cc1OCC(F)F. The van der Waals surface area contributed by atoms with Crippen LogP contribution < -0.4 is 14.8 Å². The van der Waals surface area contributed by atoms with Crippen LogP contribution >= 0.6 is 11.6 Å². The molecule has 1 amide bonds. The number of pyridine rings is 2. The van der Waals surface area contributed by atoms with Crippen molar-refractivity contribution in [3.05, 3.63) is 34.7 Å². The average molecular weight is 530 g/mol. The Labute approximate surface area is 208 Å². The van der Waals surface area contributed by atoms with E-state index in [9.17, 15) is 17.8 Å². The largest absolute Gasteiger partial charge is 0.482 e. The van der Waals surface area contributed by atoms with Gasteiger partial charge in [-0.3, -0.25) is 9.00 Å². The number of hydrogen-bond donors (Lipinski definition) is 1. The summed E-state index contributed by atoms with van der Waals surface area (Å²) in [6.07, 6.45) is 0.754. The number of amides is 1. The molecule has 9 nitrogen and oxygen atoms in total. The van der Waals surface area contributed by atoms with E-state index in [-0.39, 0.29) is 28.4 Å². The number of nitrogens with zero attached hydrogens (tertiary/aromatic N) is 4. The highest BCUT2D eigenvalue weighted by Gasteiger charge is 2.25. The number of nitrogens with one attached hydrogen (secondary N) is 1. The second kappa shape index (κ2) is 10.8. The highest BCUT2D eigenvalue weighted by molar-refractivity contribution is 7.84. The fourth-order valence-electron chi connectivity index (χ4n) is 3.16. The van der Waals surface area contributed by atoms with Gasteiger partial charge in [0.25, 0.3) is 18.2 Å². The normalized spacial score (nSPS) is 12.7. The number of ether oxygens (including phenoxy) is 2. The van der Waals surface area contributed by atoms with E-state index in [1.807, 2.05) is 13.8 Å². The molecule has 1 N–H and O–H groups in total. The van der Waals surface area contributed by atoms with E-state index < -0.39 is 35.3 Å². The molecule has 3 rings (SSSR count). The minimum absolute atomic E-state index is 0.0561. The topological polar surface area (TPSA) is 108 Å². The van der Waals surface area contributed by atoms with Crippen molar-refractivity contribution < 1.29 is 27.3 Å². The monoisotopic (exact) mass is 529 g/mol. The molecule has 0 fully saturated rings. The predicted octanol–water partition coefficient (Wildman–Crippen LogP) is 4.04. The molecular formula is C22H26ClF2N5O4S. The number of carbonyl (C=O) groups is 1. The number of fused-ring (bicyclic) bond motifs is 1. The molecule has 0 saturated heterocycles. The Hall–Kier alpha value is -2.86. The Balaban J connectivity index is 1.89. The van der Waals surface area contributed by atoms with Gasteiger partial charge in [0.2, 0.25) is 11.7 Å². The van der Waals surface area contributed by atoms with Gasteiger partial charge >= 0.3 is 0 Å². The molecule has 0 aliphatic carbocycles. The van der Waals surface area contributed by atoms with E-state index in [4.69, 9.17) is 21.1 Å². The van der Waals surface area contributed by atoms with Gasteiger partial charge in [-0.15, -0.1) is 0 Å². The van der Waals surface area contributed by atoms with Crippen LogP contribution in [0.1, 0.15) is 36.5 Å². The molecule has 0 saturated carbocycles. The Morgan fingerprint density at radius 1 is 1.29 bits per heavy atom. The summed E-state index contributed by atoms with van der Waals surface area (Å²) in [5.74, 6) is 0.188. The first kappa shape index (κ1) is 26.7. The molecule has 3 heterocycles. The number of imidazole rings is 1. The highest BCUT2D eigenvalue weighted by atomic mass is 35.5. The zero-order chi connectivity index (χ0) is 25.9. The third-order valence-electron chi connectivity index (χ3n) is 5.00. The van der Waals surface area contributed by atoms with Crippen LogP contribution in [0.25, 0.3) is 11.2 Å². The molecule has 13 heteroatoms. The van der Waals surface area contributed by atoms with Crippen molar-refractivity contribution in [3.8, 4) is 17.5 Å². The quantitative estimate of drug-likeness (QED) is 0.422. The summed E-state index contributed by atoms with van der Waals surface area (Å²) in [5.41, 5.74) is 0.818. The molecule has 0 aliphatic heterocycles. The first-order valence-electron chi connectivity index (χ1n) is 10.6. The van der Waals surface area contributed by atoms with Gasteiger partial charge in [0.05, 0.1) is 5.02 Å². The lowest BCUT2D eigenvalue weighted by atomic mass is 10.0. The maximum absolute atomic E-state index is 12.9. The Kier molecular flexibility index (Phi) is 8.26. The first-order chi connectivity index (χ1) is 16.4. The Morgan fingerprint density at radius 2 is 2.00 bits per heavy atom. The minimum Gasteiger partial charge on any atom is -0.482 e. The molecular weight excluding hydrogens is 504 g/mol. The molecule has 3 aromatic heterocycles. The van der Waals surface area contributed by atoms with Gasteiger partial charge in [0.1, 0.15) is 12.1 Å². The van der Waals surface area contributed by atoms with Gasteiger partial charge in [-0.2, -0.15) is 4.98 Å². The second-order valence-electron chi connectivity index (χ2n) is 8.57. The molecule has 0 radical (unpaired) electrons. The van der Waals surface area contributed by atoms with Crippen molar-refractivity contribution >= 4 is 39.5 Å². The van der Waals surface area contributed by atoms with Crippen LogP contribution in [-0.4, -0.2) is 60.2 Å². The number of aryl methyl sites for hydroxylation is 2. The third-order valence-corrected chi connectivity index (χ3v) is 5.99. The minimum atomic E-state index is -2.69. The molecule has 3 aromatic rings. The van der Waals surface area contributed by atoms with Crippen molar-refractivity contribution in [2.24, 2.45) is 7.05 Å². The van der Waals surface area contributed by atoms with E-state index in [0.717, 1.165) is 0 Å². The van der Waals surface area contributed by atoms with Gasteiger partial charge in [-0.25, -0.2) is 18.7 Å². The smallest absolute Gasteiger partial charge is 0.287 e. The molecule has 0 bridgehead atoms. The van der Waals surface area contributed by atoms with Crippen LogP contribution in [0.15, 0.2) is 18.3 Å². The summed E-state index contributed by atoms with van der Waals surface area (Å²) in [4.78, 5) is 25.8. The van der Waals surface area contributed by atoms with Crippen LogP contribution in [0, 0.1) is 6.92 Å². The molecule has 0 aromatic carbocycles. The van der Waals surface area contributed by atoms with E-state index in [1.165, 1.54) is 16.8 Å². The first-order valence-corrected chi connectivity index (χ1v) is 12.7. The van der Waals surface area contributed by atoms with Gasteiger partial charge in [-0.1, -0.05) is 11.6 Å². The molecule has 190 valence electrons. The average Bonchev–Trinajstić information content (AvgIpc) is 3.08. The maximum atomic E-state index is 12.9. The van der Waals surface area contributed by atoms with Crippen molar-refractivity contribution in [2.45, 2.75) is 39.2 Å². The Bertz CT molecular complexity index is 1270. The number of carbonyl (C=O) groups excluding carboxylic acids is 1. The number of hydrogen-bond acceptors (Lipinski definition) is 7. The van der Waals surface area contributed by atoms with Crippen molar-refractivity contribution in [2.75, 3.05) is 18.6 Å². The molecule has 1 unspecified atom stereocenters. The van der Waals surface area contributed by atoms with Crippen LogP contribution in [0.4, 0.5) is 8.78 Å². The number of rotatable bonds is 10. The van der Waals surface area contributed by atoms with E-state index >= 15 is 0 Å².